The first-order valence-corrected chi connectivity index (χ1v) is 8.74. The third-order valence-electron chi connectivity index (χ3n) is 4.45. The van der Waals surface area contributed by atoms with Gasteiger partial charge in [-0.1, -0.05) is 30.3 Å². The second-order valence-corrected chi connectivity index (χ2v) is 6.35. The van der Waals surface area contributed by atoms with Crippen molar-refractivity contribution in [3.8, 4) is 17.7 Å². The minimum atomic E-state index is -0.678. The number of benzene rings is 2. The summed E-state index contributed by atoms with van der Waals surface area (Å²) in [4.78, 5) is 25.4. The van der Waals surface area contributed by atoms with E-state index in [1.807, 2.05) is 12.1 Å². The van der Waals surface area contributed by atoms with Gasteiger partial charge in [0.2, 0.25) is 11.7 Å². The predicted molar refractivity (Wildman–Crippen MR) is 104 cm³/mol. The average molecular weight is 392 g/mol. The first-order chi connectivity index (χ1) is 13.9. The number of hydrogen-bond donors (Lipinski definition) is 1. The monoisotopic (exact) mass is 392 g/mol. The Bertz CT molecular complexity index is 1150. The Morgan fingerprint density at radius 2 is 1.83 bits per heavy atom. The number of Topliss-reactive ketones (excluding diaryl/α,β-unsaturated/α-hetero) is 1. The number of aromatic hydroxyl groups is 1. The van der Waals surface area contributed by atoms with E-state index in [4.69, 9.17) is 4.74 Å². The molecule has 0 aliphatic carbocycles. The second kappa shape index (κ2) is 8.40. The molecule has 0 bridgehead atoms. The van der Waals surface area contributed by atoms with Crippen molar-refractivity contribution in [1.82, 2.24) is 4.57 Å². The summed E-state index contributed by atoms with van der Waals surface area (Å²) >= 11 is 0. The van der Waals surface area contributed by atoms with Gasteiger partial charge >= 0.3 is 0 Å². The largest absolute Gasteiger partial charge is 0.494 e. The predicted octanol–water partition coefficient (Wildman–Crippen LogP) is 3.18. The molecule has 2 aromatic carbocycles. The normalized spacial score (nSPS) is 10.4. The second-order valence-electron chi connectivity index (χ2n) is 6.35. The first-order valence-electron chi connectivity index (χ1n) is 8.74. The van der Waals surface area contributed by atoms with E-state index in [1.165, 1.54) is 31.2 Å². The molecular formula is C22H17FN2O4. The van der Waals surface area contributed by atoms with Crippen molar-refractivity contribution in [3.05, 3.63) is 93.0 Å². The van der Waals surface area contributed by atoms with Crippen LogP contribution in [0.1, 0.15) is 27.0 Å². The Morgan fingerprint density at radius 3 is 2.45 bits per heavy atom. The molecule has 0 aliphatic rings. The maximum absolute atomic E-state index is 13.0. The van der Waals surface area contributed by atoms with Crippen molar-refractivity contribution in [3.63, 3.8) is 0 Å². The number of rotatable bonds is 6. The van der Waals surface area contributed by atoms with Gasteiger partial charge in [0.25, 0.3) is 5.56 Å². The molecule has 0 spiro atoms. The molecule has 0 saturated heterocycles. The summed E-state index contributed by atoms with van der Waals surface area (Å²) < 4.78 is 19.3. The van der Waals surface area contributed by atoms with Gasteiger partial charge in [0, 0.05) is 0 Å². The van der Waals surface area contributed by atoms with Gasteiger partial charge in [-0.25, -0.2) is 4.39 Å². The summed E-state index contributed by atoms with van der Waals surface area (Å²) in [5.41, 5.74) is -0.240. The average Bonchev–Trinajstić information content (AvgIpc) is 2.72. The van der Waals surface area contributed by atoms with Gasteiger partial charge in [0.15, 0.2) is 6.61 Å². The fourth-order valence-electron chi connectivity index (χ4n) is 2.95. The van der Waals surface area contributed by atoms with Gasteiger partial charge in [0.1, 0.15) is 23.2 Å². The number of aromatic nitrogens is 1. The van der Waals surface area contributed by atoms with Crippen LogP contribution in [-0.2, 0) is 6.54 Å². The molecule has 3 aromatic rings. The molecule has 146 valence electrons. The Hall–Kier alpha value is -3.92. The number of pyridine rings is 1. The molecular weight excluding hydrogens is 375 g/mol. The van der Waals surface area contributed by atoms with Crippen LogP contribution in [0.2, 0.25) is 0 Å². The standard InChI is InChI=1S/C22H17FN2O4/c1-14-18(11-24)21(27)25(12-15-5-3-2-4-6-15)22(28)20(14)19(26)13-29-17-9-7-16(23)8-10-17/h2-10,28H,12-13H2,1H3. The molecule has 1 heterocycles. The molecule has 0 atom stereocenters. The Balaban J connectivity index is 1.97. The van der Waals surface area contributed by atoms with Crippen molar-refractivity contribution in [2.24, 2.45) is 0 Å². The van der Waals surface area contributed by atoms with Crippen LogP contribution in [0.25, 0.3) is 0 Å². The highest BCUT2D eigenvalue weighted by Gasteiger charge is 2.24. The van der Waals surface area contributed by atoms with E-state index < -0.39 is 29.6 Å². The number of carbonyl (C=O) groups is 1. The van der Waals surface area contributed by atoms with Crippen LogP contribution in [0.5, 0.6) is 11.6 Å². The zero-order chi connectivity index (χ0) is 21.0. The smallest absolute Gasteiger partial charge is 0.271 e. The molecule has 1 N–H and O–H groups in total. The lowest BCUT2D eigenvalue weighted by Crippen LogP contribution is -2.28. The van der Waals surface area contributed by atoms with Crippen LogP contribution in [0.4, 0.5) is 4.39 Å². The summed E-state index contributed by atoms with van der Waals surface area (Å²) in [6.45, 7) is 0.978. The van der Waals surface area contributed by atoms with E-state index in [1.54, 1.807) is 24.3 Å². The lowest BCUT2D eigenvalue weighted by atomic mass is 10.0. The molecule has 3 rings (SSSR count). The Morgan fingerprint density at radius 1 is 1.17 bits per heavy atom. The van der Waals surface area contributed by atoms with Gasteiger partial charge in [-0.05, 0) is 42.3 Å². The van der Waals surface area contributed by atoms with Crippen LogP contribution in [0, 0.1) is 24.1 Å². The van der Waals surface area contributed by atoms with Crippen LogP contribution >= 0.6 is 0 Å². The molecule has 0 aliphatic heterocycles. The van der Waals surface area contributed by atoms with Crippen LogP contribution in [-0.4, -0.2) is 22.1 Å². The molecule has 0 unspecified atom stereocenters. The molecule has 1 aromatic heterocycles. The van der Waals surface area contributed by atoms with E-state index in [0.717, 1.165) is 10.1 Å². The maximum atomic E-state index is 13.0. The van der Waals surface area contributed by atoms with E-state index in [0.29, 0.717) is 0 Å². The highest BCUT2D eigenvalue weighted by atomic mass is 19.1. The van der Waals surface area contributed by atoms with E-state index >= 15 is 0 Å². The van der Waals surface area contributed by atoms with E-state index in [-0.39, 0.29) is 29.0 Å². The molecule has 29 heavy (non-hydrogen) atoms. The number of nitriles is 1. The summed E-state index contributed by atoms with van der Waals surface area (Å²) in [5.74, 6) is -1.30. The zero-order valence-electron chi connectivity index (χ0n) is 15.6. The van der Waals surface area contributed by atoms with Crippen LogP contribution in [0.3, 0.4) is 0 Å². The summed E-state index contributed by atoms with van der Waals surface area (Å²) in [6.07, 6.45) is 0. The molecule has 0 radical (unpaired) electrons. The topological polar surface area (TPSA) is 92.3 Å². The molecule has 6 nitrogen and oxygen atoms in total. The minimum Gasteiger partial charge on any atom is -0.494 e. The maximum Gasteiger partial charge on any atom is 0.271 e. The Kier molecular flexibility index (Phi) is 5.74. The highest BCUT2D eigenvalue weighted by Crippen LogP contribution is 2.23. The van der Waals surface area contributed by atoms with Crippen molar-refractivity contribution < 1.29 is 19.0 Å². The molecule has 0 amide bonds. The van der Waals surface area contributed by atoms with E-state index in [9.17, 15) is 24.3 Å². The number of ether oxygens (including phenoxy) is 1. The van der Waals surface area contributed by atoms with E-state index in [2.05, 4.69) is 0 Å². The zero-order valence-corrected chi connectivity index (χ0v) is 15.6. The number of nitrogens with zero attached hydrogens (tertiary/aromatic N) is 2. The van der Waals surface area contributed by atoms with Crippen molar-refractivity contribution in [2.75, 3.05) is 6.61 Å². The number of hydrogen-bond acceptors (Lipinski definition) is 5. The minimum absolute atomic E-state index is 0.000431. The van der Waals surface area contributed by atoms with Crippen molar-refractivity contribution in [1.29, 1.82) is 5.26 Å². The lowest BCUT2D eigenvalue weighted by molar-refractivity contribution is 0.0916. The fourth-order valence-corrected chi connectivity index (χ4v) is 2.95. The molecule has 7 heteroatoms. The number of halogens is 1. The van der Waals surface area contributed by atoms with Crippen molar-refractivity contribution in [2.45, 2.75) is 13.5 Å². The highest BCUT2D eigenvalue weighted by molar-refractivity contribution is 6.01. The fraction of sp³-hybridized carbons (Fsp3) is 0.136. The lowest BCUT2D eigenvalue weighted by Gasteiger charge is -2.16. The van der Waals surface area contributed by atoms with Crippen LogP contribution < -0.4 is 10.3 Å². The quantitative estimate of drug-likeness (QED) is 0.651. The first kappa shape index (κ1) is 19.8. The van der Waals surface area contributed by atoms with Crippen LogP contribution in [0.15, 0.2) is 59.4 Å². The third kappa shape index (κ3) is 4.17. The van der Waals surface area contributed by atoms with Gasteiger partial charge < -0.3 is 9.84 Å². The summed E-state index contributed by atoms with van der Waals surface area (Å²) in [5, 5.41) is 20.1. The van der Waals surface area contributed by atoms with Crippen molar-refractivity contribution >= 4 is 5.78 Å². The molecule has 0 fully saturated rings. The number of carbonyl (C=O) groups excluding carboxylic acids is 1. The van der Waals surface area contributed by atoms with Gasteiger partial charge in [-0.3, -0.25) is 14.2 Å². The van der Waals surface area contributed by atoms with Gasteiger partial charge in [0.05, 0.1) is 12.1 Å². The summed E-state index contributed by atoms with van der Waals surface area (Å²) in [6, 6.07) is 15.8. The third-order valence-corrected chi connectivity index (χ3v) is 4.45. The summed E-state index contributed by atoms with van der Waals surface area (Å²) in [7, 11) is 0. The SMILES string of the molecule is Cc1c(C(=O)COc2ccc(F)cc2)c(O)n(Cc2ccccc2)c(=O)c1C#N. The van der Waals surface area contributed by atoms with Gasteiger partial charge in [-0.15, -0.1) is 0 Å². The molecule has 0 saturated carbocycles. The number of ketones is 1. The Labute approximate surface area is 166 Å². The van der Waals surface area contributed by atoms with Gasteiger partial charge in [-0.2, -0.15) is 5.26 Å².